The van der Waals surface area contributed by atoms with Crippen LogP contribution in [-0.4, -0.2) is 20.8 Å². The number of hydrogen-bond acceptors (Lipinski definition) is 4. The van der Waals surface area contributed by atoms with Crippen LogP contribution in [0.2, 0.25) is 5.02 Å². The molecule has 4 rings (SSSR count). The highest BCUT2D eigenvalue weighted by Gasteiger charge is 2.18. The molecule has 6 nitrogen and oxygen atoms in total. The van der Waals surface area contributed by atoms with Gasteiger partial charge in [-0.25, -0.2) is 4.68 Å². The van der Waals surface area contributed by atoms with Crippen LogP contribution in [0.15, 0.2) is 77.4 Å². The highest BCUT2D eigenvalue weighted by atomic mass is 35.5. The maximum Gasteiger partial charge on any atom is 0.272 e. The van der Waals surface area contributed by atoms with E-state index in [1.165, 1.54) is 0 Å². The van der Waals surface area contributed by atoms with Crippen molar-refractivity contribution in [1.82, 2.24) is 15.1 Å². The molecule has 2 aromatic carbocycles. The van der Waals surface area contributed by atoms with Crippen molar-refractivity contribution >= 4 is 17.5 Å². The van der Waals surface area contributed by atoms with Crippen molar-refractivity contribution in [2.24, 2.45) is 0 Å². The molecule has 140 valence electrons. The van der Waals surface area contributed by atoms with Crippen LogP contribution in [0.3, 0.4) is 0 Å². The van der Waals surface area contributed by atoms with Gasteiger partial charge in [-0.2, -0.15) is 5.10 Å². The predicted octanol–water partition coefficient (Wildman–Crippen LogP) is 4.42. The van der Waals surface area contributed by atoms with E-state index in [-0.39, 0.29) is 17.4 Å². The summed E-state index contributed by atoms with van der Waals surface area (Å²) in [5.41, 5.74) is 2.48. The van der Waals surface area contributed by atoms with Crippen molar-refractivity contribution in [3.8, 4) is 22.9 Å². The number of carbonyl (C=O) groups is 1. The van der Waals surface area contributed by atoms with Crippen molar-refractivity contribution in [1.29, 1.82) is 0 Å². The summed E-state index contributed by atoms with van der Waals surface area (Å²) >= 11 is 6.11. The van der Waals surface area contributed by atoms with E-state index in [1.807, 2.05) is 12.1 Å². The minimum absolute atomic E-state index is 0.179. The molecule has 0 fully saturated rings. The third-order valence-corrected chi connectivity index (χ3v) is 4.39. The second-order valence-electron chi connectivity index (χ2n) is 6.13. The highest BCUT2D eigenvalue weighted by molar-refractivity contribution is 6.30. The molecule has 0 unspecified atom stereocenters. The molecule has 0 saturated heterocycles. The van der Waals surface area contributed by atoms with Gasteiger partial charge in [0.1, 0.15) is 11.4 Å². The summed E-state index contributed by atoms with van der Waals surface area (Å²) in [4.78, 5) is 12.6. The largest absolute Gasteiger partial charge is 0.508 e. The normalized spacial score (nSPS) is 10.8. The van der Waals surface area contributed by atoms with E-state index in [2.05, 4.69) is 10.4 Å². The number of aromatic hydroxyl groups is 1. The first-order valence-electron chi connectivity index (χ1n) is 8.56. The van der Waals surface area contributed by atoms with Crippen molar-refractivity contribution in [3.05, 3.63) is 89.3 Å². The average molecular weight is 394 g/mol. The molecule has 0 aliphatic heterocycles. The Labute approximate surface area is 166 Å². The molecule has 4 aromatic rings. The molecule has 0 saturated carbocycles. The minimum atomic E-state index is -0.318. The van der Waals surface area contributed by atoms with Gasteiger partial charge in [0.05, 0.1) is 12.0 Å². The van der Waals surface area contributed by atoms with Gasteiger partial charge in [0.15, 0.2) is 11.5 Å². The highest BCUT2D eigenvalue weighted by Crippen LogP contribution is 2.26. The fraction of sp³-hybridized carbons (Fsp3) is 0.0476. The summed E-state index contributed by atoms with van der Waals surface area (Å²) in [5.74, 6) is 0.449. The third kappa shape index (κ3) is 3.77. The van der Waals surface area contributed by atoms with Crippen LogP contribution in [0.1, 0.15) is 16.1 Å². The van der Waals surface area contributed by atoms with Gasteiger partial charge in [-0.05, 0) is 48.0 Å². The van der Waals surface area contributed by atoms with E-state index < -0.39 is 0 Å². The standard InChI is InChI=1S/C21H16ClN3O3/c22-15-3-1-4-16(11-15)25-19(20-5-2-10-28-20)12-18(24-25)21(27)23-13-14-6-8-17(26)9-7-14/h1-12,26H,13H2,(H,23,27). The molecule has 2 heterocycles. The summed E-state index contributed by atoms with van der Waals surface area (Å²) in [6.45, 7) is 0.319. The first kappa shape index (κ1) is 17.9. The van der Waals surface area contributed by atoms with Gasteiger partial charge < -0.3 is 14.8 Å². The van der Waals surface area contributed by atoms with Crippen molar-refractivity contribution in [2.75, 3.05) is 0 Å². The quantitative estimate of drug-likeness (QED) is 0.526. The third-order valence-electron chi connectivity index (χ3n) is 4.16. The molecule has 0 bridgehead atoms. The number of halogens is 1. The van der Waals surface area contributed by atoms with Crippen molar-refractivity contribution in [3.63, 3.8) is 0 Å². The average Bonchev–Trinajstić information content (AvgIpc) is 3.37. The van der Waals surface area contributed by atoms with Crippen molar-refractivity contribution < 1.29 is 14.3 Å². The number of amides is 1. The Bertz CT molecular complexity index is 1100. The fourth-order valence-corrected chi connectivity index (χ4v) is 2.97. The summed E-state index contributed by atoms with van der Waals surface area (Å²) in [5, 5.41) is 17.2. The first-order valence-corrected chi connectivity index (χ1v) is 8.94. The predicted molar refractivity (Wildman–Crippen MR) is 106 cm³/mol. The maximum absolute atomic E-state index is 12.6. The Kier molecular flexibility index (Phi) is 4.87. The topological polar surface area (TPSA) is 80.3 Å². The van der Waals surface area contributed by atoms with E-state index in [1.54, 1.807) is 65.5 Å². The zero-order valence-corrected chi connectivity index (χ0v) is 15.4. The van der Waals surface area contributed by atoms with Gasteiger partial charge in [0.25, 0.3) is 5.91 Å². The summed E-state index contributed by atoms with van der Waals surface area (Å²) in [7, 11) is 0. The zero-order valence-electron chi connectivity index (χ0n) is 14.7. The van der Waals surface area contributed by atoms with E-state index in [9.17, 15) is 9.90 Å². The maximum atomic E-state index is 12.6. The van der Waals surface area contributed by atoms with Crippen LogP contribution < -0.4 is 5.32 Å². The molecular formula is C21H16ClN3O3. The van der Waals surface area contributed by atoms with Crippen LogP contribution in [0, 0.1) is 0 Å². The Morgan fingerprint density at radius 1 is 1.11 bits per heavy atom. The number of rotatable bonds is 5. The van der Waals surface area contributed by atoms with Crippen LogP contribution >= 0.6 is 11.6 Å². The summed E-state index contributed by atoms with van der Waals surface area (Å²) in [6.07, 6.45) is 1.56. The summed E-state index contributed by atoms with van der Waals surface area (Å²) < 4.78 is 7.12. The lowest BCUT2D eigenvalue weighted by Gasteiger charge is -2.06. The van der Waals surface area contributed by atoms with Crippen LogP contribution in [0.5, 0.6) is 5.75 Å². The molecule has 0 radical (unpaired) electrons. The number of nitrogens with one attached hydrogen (secondary N) is 1. The Morgan fingerprint density at radius 3 is 2.64 bits per heavy atom. The Balaban J connectivity index is 1.63. The molecular weight excluding hydrogens is 378 g/mol. The lowest BCUT2D eigenvalue weighted by molar-refractivity contribution is 0.0945. The van der Waals surface area contributed by atoms with Crippen LogP contribution in [-0.2, 0) is 6.54 Å². The number of hydrogen-bond donors (Lipinski definition) is 2. The molecule has 0 atom stereocenters. The van der Waals surface area contributed by atoms with Crippen LogP contribution in [0.25, 0.3) is 17.1 Å². The SMILES string of the molecule is O=C(NCc1ccc(O)cc1)c1cc(-c2ccco2)n(-c2cccc(Cl)c2)n1. The second-order valence-corrected chi connectivity index (χ2v) is 6.57. The van der Waals surface area contributed by atoms with Gasteiger partial charge in [-0.1, -0.05) is 29.8 Å². The van der Waals surface area contributed by atoms with Crippen molar-refractivity contribution in [2.45, 2.75) is 6.54 Å². The van der Waals surface area contributed by atoms with Crippen LogP contribution in [0.4, 0.5) is 0 Å². The van der Waals surface area contributed by atoms with E-state index >= 15 is 0 Å². The van der Waals surface area contributed by atoms with Gasteiger partial charge in [-0.3, -0.25) is 4.79 Å². The monoisotopic (exact) mass is 393 g/mol. The van der Waals surface area contributed by atoms with Gasteiger partial charge >= 0.3 is 0 Å². The molecule has 1 amide bonds. The molecule has 0 aliphatic rings. The molecule has 7 heteroatoms. The molecule has 0 spiro atoms. The van der Waals surface area contributed by atoms with E-state index in [0.29, 0.717) is 23.0 Å². The van der Waals surface area contributed by atoms with E-state index in [0.717, 1.165) is 11.3 Å². The number of carbonyl (C=O) groups excluding carboxylic acids is 1. The Morgan fingerprint density at radius 2 is 1.93 bits per heavy atom. The molecule has 2 N–H and O–H groups in total. The zero-order chi connectivity index (χ0) is 19.5. The lowest BCUT2D eigenvalue weighted by atomic mass is 10.2. The number of benzene rings is 2. The Hall–Kier alpha value is -3.51. The number of furan rings is 1. The molecule has 0 aliphatic carbocycles. The van der Waals surface area contributed by atoms with E-state index in [4.69, 9.17) is 16.0 Å². The molecule has 2 aromatic heterocycles. The van der Waals surface area contributed by atoms with Gasteiger partial charge in [-0.15, -0.1) is 0 Å². The second kappa shape index (κ2) is 7.62. The summed E-state index contributed by atoms with van der Waals surface area (Å²) in [6, 6.07) is 19.1. The number of phenolic OH excluding ortho intramolecular Hbond substituents is 1. The number of nitrogens with zero attached hydrogens (tertiary/aromatic N) is 2. The number of aromatic nitrogens is 2. The van der Waals surface area contributed by atoms with Gasteiger partial charge in [0.2, 0.25) is 0 Å². The lowest BCUT2D eigenvalue weighted by Crippen LogP contribution is -2.23. The smallest absolute Gasteiger partial charge is 0.272 e. The first-order chi connectivity index (χ1) is 13.6. The molecule has 28 heavy (non-hydrogen) atoms. The van der Waals surface area contributed by atoms with Gasteiger partial charge in [0, 0.05) is 17.6 Å². The minimum Gasteiger partial charge on any atom is -0.508 e. The number of phenols is 1. The fourth-order valence-electron chi connectivity index (χ4n) is 2.78.